The number of piperidine rings is 1. The van der Waals surface area contributed by atoms with E-state index in [2.05, 4.69) is 50.5 Å². The highest BCUT2D eigenvalue weighted by Crippen LogP contribution is 2.32. The average Bonchev–Trinajstić information content (AvgIpc) is 3.22. The van der Waals surface area contributed by atoms with Gasteiger partial charge in [-0.25, -0.2) is 4.98 Å². The van der Waals surface area contributed by atoms with Gasteiger partial charge in [0.15, 0.2) is 0 Å². The lowest BCUT2D eigenvalue weighted by atomic mass is 9.78. The van der Waals surface area contributed by atoms with E-state index in [1.165, 1.54) is 11.1 Å². The molecule has 1 atom stereocenters. The third-order valence-electron chi connectivity index (χ3n) is 6.87. The van der Waals surface area contributed by atoms with Crippen LogP contribution in [0.4, 0.5) is 0 Å². The molecule has 1 amide bonds. The minimum Gasteiger partial charge on any atom is -0.377 e. The Morgan fingerprint density at radius 2 is 1.97 bits per heavy atom. The predicted molar refractivity (Wildman–Crippen MR) is 123 cm³/mol. The van der Waals surface area contributed by atoms with E-state index in [-0.39, 0.29) is 17.6 Å². The van der Waals surface area contributed by atoms with Gasteiger partial charge in [-0.2, -0.15) is 0 Å². The number of aromatic nitrogens is 2. The molecule has 7 heteroatoms. The Morgan fingerprint density at radius 1 is 1.23 bits per heavy atom. The number of ether oxygens (including phenoxy) is 1. The molecule has 1 N–H and O–H groups in total. The van der Waals surface area contributed by atoms with Crippen LogP contribution >= 0.6 is 15.9 Å². The summed E-state index contributed by atoms with van der Waals surface area (Å²) in [4.78, 5) is 19.9. The van der Waals surface area contributed by atoms with Gasteiger partial charge in [-0.15, -0.1) is 0 Å². The van der Waals surface area contributed by atoms with Crippen LogP contribution in [0.25, 0.3) is 5.65 Å². The first-order valence-electron chi connectivity index (χ1n) is 10.8. The molecule has 6 nitrogen and oxygen atoms in total. The lowest BCUT2D eigenvalue weighted by molar-refractivity contribution is 0.0626. The Morgan fingerprint density at radius 3 is 2.71 bits per heavy atom. The Labute approximate surface area is 190 Å². The molecule has 5 rings (SSSR count). The van der Waals surface area contributed by atoms with E-state index in [0.29, 0.717) is 5.69 Å². The van der Waals surface area contributed by atoms with E-state index in [1.807, 2.05) is 34.7 Å². The zero-order valence-corrected chi connectivity index (χ0v) is 19.5. The number of imidazole rings is 1. The molecular weight excluding hydrogens is 456 g/mol. The van der Waals surface area contributed by atoms with Crippen molar-refractivity contribution < 1.29 is 9.53 Å². The molecule has 0 saturated carbocycles. The maximum Gasteiger partial charge on any atom is 0.274 e. The Kier molecular flexibility index (Phi) is 5.36. The van der Waals surface area contributed by atoms with Crippen LogP contribution in [0.2, 0.25) is 0 Å². The molecule has 2 aromatic heterocycles. The van der Waals surface area contributed by atoms with E-state index < -0.39 is 0 Å². The van der Waals surface area contributed by atoms with Crippen molar-refractivity contribution in [3.05, 3.63) is 69.6 Å². The van der Waals surface area contributed by atoms with Crippen LogP contribution in [0.1, 0.15) is 53.0 Å². The van der Waals surface area contributed by atoms with Crippen molar-refractivity contribution in [2.24, 2.45) is 0 Å². The molecule has 1 saturated heterocycles. The largest absolute Gasteiger partial charge is 0.377 e. The molecular formula is C24H27BrN4O2. The van der Waals surface area contributed by atoms with Crippen molar-refractivity contribution >= 4 is 27.5 Å². The average molecular weight is 483 g/mol. The number of rotatable bonds is 3. The highest BCUT2D eigenvalue weighted by molar-refractivity contribution is 9.10. The monoisotopic (exact) mass is 482 g/mol. The lowest BCUT2D eigenvalue weighted by Crippen LogP contribution is -2.57. The highest BCUT2D eigenvalue weighted by Gasteiger charge is 2.38. The zero-order valence-electron chi connectivity index (χ0n) is 17.9. The van der Waals surface area contributed by atoms with E-state index in [1.54, 1.807) is 7.11 Å². The van der Waals surface area contributed by atoms with Crippen molar-refractivity contribution in [3.8, 4) is 0 Å². The van der Waals surface area contributed by atoms with Crippen LogP contribution in [0.15, 0.2) is 47.2 Å². The third-order valence-corrected chi connectivity index (χ3v) is 7.30. The molecule has 2 aliphatic rings. The van der Waals surface area contributed by atoms with Crippen LogP contribution in [-0.2, 0) is 17.7 Å². The SMILES string of the molecule is COC(C)c1cc(Br)cn2cc(C(=O)N3CCC4(CC3)Cc3ccccc3CN4)nc12. The summed E-state index contributed by atoms with van der Waals surface area (Å²) < 4.78 is 8.34. The Bertz CT molecular complexity index is 1130. The molecule has 4 heterocycles. The topological polar surface area (TPSA) is 58.9 Å². The van der Waals surface area contributed by atoms with Crippen molar-refractivity contribution in [3.63, 3.8) is 0 Å². The number of methoxy groups -OCH3 is 1. The van der Waals surface area contributed by atoms with E-state index in [9.17, 15) is 4.79 Å². The molecule has 0 radical (unpaired) electrons. The van der Waals surface area contributed by atoms with E-state index in [4.69, 9.17) is 4.74 Å². The van der Waals surface area contributed by atoms with E-state index >= 15 is 0 Å². The molecule has 1 fully saturated rings. The van der Waals surface area contributed by atoms with Crippen molar-refractivity contribution in [1.82, 2.24) is 19.6 Å². The molecule has 162 valence electrons. The number of nitrogens with one attached hydrogen (secondary N) is 1. The van der Waals surface area contributed by atoms with Crippen LogP contribution in [0.3, 0.4) is 0 Å². The molecule has 1 unspecified atom stereocenters. The summed E-state index contributed by atoms with van der Waals surface area (Å²) in [5, 5.41) is 3.77. The number of benzene rings is 1. The van der Waals surface area contributed by atoms with Gasteiger partial charge in [0.2, 0.25) is 0 Å². The number of carbonyl (C=O) groups excluding carboxylic acids is 1. The maximum atomic E-state index is 13.3. The molecule has 2 aliphatic heterocycles. The van der Waals surface area contributed by atoms with Crippen LogP contribution in [0, 0.1) is 0 Å². The zero-order chi connectivity index (χ0) is 21.6. The second kappa shape index (κ2) is 8.04. The van der Waals surface area contributed by atoms with Crippen molar-refractivity contribution in [1.29, 1.82) is 0 Å². The van der Waals surface area contributed by atoms with Gasteiger partial charge in [-0.3, -0.25) is 4.79 Å². The highest BCUT2D eigenvalue weighted by atomic mass is 79.9. The second-order valence-corrected chi connectivity index (χ2v) is 9.64. The summed E-state index contributed by atoms with van der Waals surface area (Å²) in [5.41, 5.74) is 5.13. The number of carbonyl (C=O) groups is 1. The number of nitrogens with zero attached hydrogens (tertiary/aromatic N) is 3. The molecule has 1 spiro atoms. The standard InChI is InChI=1S/C24H27BrN4O2/c1-16(31-2)20-11-19(25)14-29-15-21(27-22(20)29)23(30)28-9-7-24(8-10-28)12-17-5-3-4-6-18(17)13-26-24/h3-6,11,14-16,26H,7-10,12-13H2,1-2H3. The summed E-state index contributed by atoms with van der Waals surface area (Å²) in [6.45, 7) is 4.38. The first kappa shape index (κ1) is 20.7. The summed E-state index contributed by atoms with van der Waals surface area (Å²) in [5.74, 6) is 0.00176. The van der Waals surface area contributed by atoms with Gasteiger partial charge < -0.3 is 19.4 Å². The minimum atomic E-state index is -0.111. The van der Waals surface area contributed by atoms with Gasteiger partial charge in [-0.05, 0) is 59.3 Å². The smallest absolute Gasteiger partial charge is 0.274 e. The number of fused-ring (bicyclic) bond motifs is 2. The normalized spacial score (nSPS) is 18.9. The first-order valence-corrected chi connectivity index (χ1v) is 11.6. The fourth-order valence-electron chi connectivity index (χ4n) is 4.88. The fourth-order valence-corrected chi connectivity index (χ4v) is 5.35. The second-order valence-electron chi connectivity index (χ2n) is 8.72. The number of hydrogen-bond acceptors (Lipinski definition) is 4. The quantitative estimate of drug-likeness (QED) is 0.609. The van der Waals surface area contributed by atoms with Gasteiger partial charge in [0, 0.05) is 54.7 Å². The molecule has 3 aromatic rings. The van der Waals surface area contributed by atoms with Crippen LogP contribution in [-0.4, -0.2) is 45.9 Å². The van der Waals surface area contributed by atoms with Crippen LogP contribution in [0.5, 0.6) is 0 Å². The number of pyridine rings is 1. The third kappa shape index (κ3) is 3.79. The van der Waals surface area contributed by atoms with Gasteiger partial charge in [0.05, 0.1) is 6.10 Å². The molecule has 1 aromatic carbocycles. The number of halogens is 1. The number of hydrogen-bond donors (Lipinski definition) is 1. The van der Waals surface area contributed by atoms with E-state index in [0.717, 1.165) is 54.6 Å². The fraction of sp³-hybridized carbons (Fsp3) is 0.417. The minimum absolute atomic E-state index is 0.00176. The summed E-state index contributed by atoms with van der Waals surface area (Å²) in [6.07, 6.45) is 6.59. The Balaban J connectivity index is 1.34. The summed E-state index contributed by atoms with van der Waals surface area (Å²) in [6, 6.07) is 10.7. The number of likely N-dealkylation sites (tertiary alicyclic amines) is 1. The van der Waals surface area contributed by atoms with Crippen molar-refractivity contribution in [2.45, 2.75) is 44.4 Å². The maximum absolute atomic E-state index is 13.3. The molecule has 0 aliphatic carbocycles. The van der Waals surface area contributed by atoms with Gasteiger partial charge in [-0.1, -0.05) is 24.3 Å². The molecule has 31 heavy (non-hydrogen) atoms. The van der Waals surface area contributed by atoms with Gasteiger partial charge in [0.1, 0.15) is 11.3 Å². The predicted octanol–water partition coefficient (Wildman–Crippen LogP) is 4.12. The molecule has 0 bridgehead atoms. The van der Waals surface area contributed by atoms with Crippen molar-refractivity contribution in [2.75, 3.05) is 20.2 Å². The van der Waals surface area contributed by atoms with Gasteiger partial charge >= 0.3 is 0 Å². The number of amides is 1. The lowest BCUT2D eigenvalue weighted by Gasteiger charge is -2.45. The first-order chi connectivity index (χ1) is 15.0. The van der Waals surface area contributed by atoms with Gasteiger partial charge in [0.25, 0.3) is 5.91 Å². The van der Waals surface area contributed by atoms with Crippen LogP contribution < -0.4 is 5.32 Å². The summed E-state index contributed by atoms with van der Waals surface area (Å²) in [7, 11) is 1.68. The Hall–Kier alpha value is -2.22. The summed E-state index contributed by atoms with van der Waals surface area (Å²) >= 11 is 3.55.